The maximum Gasteiger partial charge on any atom is 0.237 e. The minimum atomic E-state index is 0.463. The summed E-state index contributed by atoms with van der Waals surface area (Å²) >= 11 is 0. The summed E-state index contributed by atoms with van der Waals surface area (Å²) in [6.07, 6.45) is 8.44. The first-order chi connectivity index (χ1) is 11.3. The van der Waals surface area contributed by atoms with Crippen molar-refractivity contribution in [2.45, 2.75) is 6.61 Å². The van der Waals surface area contributed by atoms with Crippen LogP contribution in [0.2, 0.25) is 0 Å². The molecule has 0 saturated heterocycles. The Labute approximate surface area is 132 Å². The first-order valence-corrected chi connectivity index (χ1v) is 7.16. The molecule has 4 aromatic rings. The molecule has 23 heavy (non-hydrogen) atoms. The van der Waals surface area contributed by atoms with Crippen LogP contribution in [0.3, 0.4) is 0 Å². The van der Waals surface area contributed by atoms with E-state index in [1.54, 1.807) is 25.7 Å². The van der Waals surface area contributed by atoms with Crippen LogP contribution < -0.4 is 4.74 Å². The monoisotopic (exact) mass is 306 g/mol. The predicted molar refractivity (Wildman–Crippen MR) is 86.4 cm³/mol. The van der Waals surface area contributed by atoms with E-state index in [1.165, 1.54) is 0 Å². The number of pyridine rings is 1. The molecule has 0 saturated carbocycles. The highest BCUT2D eigenvalue weighted by Crippen LogP contribution is 2.32. The third kappa shape index (κ3) is 2.49. The van der Waals surface area contributed by atoms with Gasteiger partial charge in [-0.15, -0.1) is 0 Å². The number of hydrogen-bond acceptors (Lipinski definition) is 5. The molecule has 3 aromatic heterocycles. The van der Waals surface area contributed by atoms with Crippen molar-refractivity contribution in [1.82, 2.24) is 19.9 Å². The molecule has 0 bridgehead atoms. The highest BCUT2D eigenvalue weighted by atomic mass is 16.5. The summed E-state index contributed by atoms with van der Waals surface area (Å²) in [5.74, 6) is 1.17. The van der Waals surface area contributed by atoms with E-state index in [2.05, 4.69) is 19.9 Å². The Morgan fingerprint density at radius 1 is 1.04 bits per heavy atom. The van der Waals surface area contributed by atoms with E-state index >= 15 is 0 Å². The van der Waals surface area contributed by atoms with Gasteiger partial charge in [0.25, 0.3) is 0 Å². The van der Waals surface area contributed by atoms with E-state index in [9.17, 15) is 0 Å². The Hall–Kier alpha value is -2.99. The van der Waals surface area contributed by atoms with Crippen LogP contribution in [-0.2, 0) is 11.3 Å². The van der Waals surface area contributed by atoms with Gasteiger partial charge in [0, 0.05) is 47.6 Å². The largest absolute Gasteiger partial charge is 0.437 e. The lowest BCUT2D eigenvalue weighted by molar-refractivity contribution is 0.186. The molecule has 114 valence electrons. The Balaban J connectivity index is 1.85. The lowest BCUT2D eigenvalue weighted by Gasteiger charge is -2.05. The predicted octanol–water partition coefficient (Wildman–Crippen LogP) is 3.44. The lowest BCUT2D eigenvalue weighted by Crippen LogP contribution is -1.90. The van der Waals surface area contributed by atoms with Gasteiger partial charge in [-0.05, 0) is 18.2 Å². The number of benzene rings is 1. The van der Waals surface area contributed by atoms with Crippen LogP contribution in [0.15, 0.2) is 49.2 Å². The van der Waals surface area contributed by atoms with E-state index in [0.717, 1.165) is 27.4 Å². The van der Waals surface area contributed by atoms with Gasteiger partial charge in [0.2, 0.25) is 5.88 Å². The maximum absolute atomic E-state index is 5.77. The fourth-order valence-corrected chi connectivity index (χ4v) is 2.69. The summed E-state index contributed by atoms with van der Waals surface area (Å²) in [7, 11) is 1.68. The molecule has 0 aliphatic carbocycles. The molecule has 0 fully saturated rings. The second-order valence-electron chi connectivity index (χ2n) is 5.13. The summed E-state index contributed by atoms with van der Waals surface area (Å²) in [6.45, 7) is 0.506. The van der Waals surface area contributed by atoms with Crippen molar-refractivity contribution >= 4 is 21.8 Å². The average molecular weight is 306 g/mol. The molecule has 6 nitrogen and oxygen atoms in total. The number of methoxy groups -OCH3 is 1. The second kappa shape index (κ2) is 5.66. The van der Waals surface area contributed by atoms with E-state index in [1.807, 2.05) is 30.6 Å². The number of fused-ring (bicyclic) bond motifs is 3. The minimum absolute atomic E-state index is 0.463. The van der Waals surface area contributed by atoms with Gasteiger partial charge in [-0.1, -0.05) is 0 Å². The minimum Gasteiger partial charge on any atom is -0.437 e. The molecule has 0 spiro atoms. The Morgan fingerprint density at radius 2 is 2.00 bits per heavy atom. The normalized spacial score (nSPS) is 11.2. The molecule has 1 aromatic carbocycles. The van der Waals surface area contributed by atoms with Gasteiger partial charge in [0.05, 0.1) is 24.5 Å². The first-order valence-electron chi connectivity index (χ1n) is 7.16. The number of nitrogens with zero attached hydrogens (tertiary/aromatic N) is 3. The van der Waals surface area contributed by atoms with Gasteiger partial charge in [-0.25, -0.2) is 4.98 Å². The van der Waals surface area contributed by atoms with E-state index in [4.69, 9.17) is 9.47 Å². The topological polar surface area (TPSA) is 72.9 Å². The number of H-pyrrole nitrogens is 1. The zero-order valence-corrected chi connectivity index (χ0v) is 12.5. The number of aromatic amines is 1. The summed E-state index contributed by atoms with van der Waals surface area (Å²) in [4.78, 5) is 15.8. The van der Waals surface area contributed by atoms with Gasteiger partial charge in [-0.3, -0.25) is 9.97 Å². The maximum atomic E-state index is 5.77. The van der Waals surface area contributed by atoms with E-state index < -0.39 is 0 Å². The molecule has 0 aliphatic rings. The molecule has 4 rings (SSSR count). The van der Waals surface area contributed by atoms with Crippen LogP contribution in [0.4, 0.5) is 0 Å². The number of hydrogen-bond donors (Lipinski definition) is 1. The van der Waals surface area contributed by atoms with Crippen LogP contribution in [0.5, 0.6) is 11.6 Å². The third-order valence-electron chi connectivity index (χ3n) is 3.62. The molecular formula is C17H14N4O2. The van der Waals surface area contributed by atoms with Crippen molar-refractivity contribution in [3.05, 3.63) is 54.7 Å². The Bertz CT molecular complexity index is 966. The average Bonchev–Trinajstić information content (AvgIpc) is 2.95. The molecular weight excluding hydrogens is 292 g/mol. The molecule has 3 heterocycles. The van der Waals surface area contributed by atoms with Crippen LogP contribution >= 0.6 is 0 Å². The molecule has 0 atom stereocenters. The second-order valence-corrected chi connectivity index (χ2v) is 5.13. The zero-order valence-electron chi connectivity index (χ0n) is 12.5. The summed E-state index contributed by atoms with van der Waals surface area (Å²) < 4.78 is 11.0. The van der Waals surface area contributed by atoms with E-state index in [-0.39, 0.29) is 0 Å². The van der Waals surface area contributed by atoms with Crippen LogP contribution in [-0.4, -0.2) is 27.0 Å². The summed E-state index contributed by atoms with van der Waals surface area (Å²) in [5, 5.41) is 2.16. The van der Waals surface area contributed by atoms with Crippen molar-refractivity contribution < 1.29 is 9.47 Å². The number of ether oxygens (including phenoxy) is 2. The number of nitrogens with one attached hydrogen (secondary N) is 1. The number of aromatic nitrogens is 4. The first kappa shape index (κ1) is 13.7. The molecule has 0 amide bonds. The Kier molecular flexibility index (Phi) is 3.36. The summed E-state index contributed by atoms with van der Waals surface area (Å²) in [5.41, 5.74) is 3.04. The SMILES string of the molecule is COCc1cncc2[nH]c3ccc(Oc4cnccn4)cc3c12. The summed E-state index contributed by atoms with van der Waals surface area (Å²) in [6, 6.07) is 5.87. The van der Waals surface area contributed by atoms with Crippen molar-refractivity contribution in [3.8, 4) is 11.6 Å². The fraction of sp³-hybridized carbons (Fsp3) is 0.118. The number of rotatable bonds is 4. The smallest absolute Gasteiger partial charge is 0.237 e. The van der Waals surface area contributed by atoms with Crippen molar-refractivity contribution in [2.24, 2.45) is 0 Å². The fourth-order valence-electron chi connectivity index (χ4n) is 2.69. The zero-order chi connectivity index (χ0) is 15.6. The molecule has 0 aliphatic heterocycles. The van der Waals surface area contributed by atoms with Gasteiger partial charge >= 0.3 is 0 Å². The highest BCUT2D eigenvalue weighted by molar-refractivity contribution is 6.09. The van der Waals surface area contributed by atoms with Crippen molar-refractivity contribution in [3.63, 3.8) is 0 Å². The standard InChI is InChI=1S/C17H14N4O2/c1-22-10-11-7-19-8-15-17(11)13-6-12(2-3-14(13)21-15)23-16-9-18-4-5-20-16/h2-9,21H,10H2,1H3. The molecule has 0 unspecified atom stereocenters. The molecule has 0 radical (unpaired) electrons. The third-order valence-corrected chi connectivity index (χ3v) is 3.62. The van der Waals surface area contributed by atoms with Crippen LogP contribution in [0.1, 0.15) is 5.56 Å². The van der Waals surface area contributed by atoms with Crippen LogP contribution in [0, 0.1) is 0 Å². The molecule has 1 N–H and O–H groups in total. The van der Waals surface area contributed by atoms with Gasteiger partial charge in [0.15, 0.2) is 0 Å². The lowest BCUT2D eigenvalue weighted by atomic mass is 10.1. The quantitative estimate of drug-likeness (QED) is 0.625. The van der Waals surface area contributed by atoms with Crippen molar-refractivity contribution in [1.29, 1.82) is 0 Å². The van der Waals surface area contributed by atoms with Crippen LogP contribution in [0.25, 0.3) is 21.8 Å². The molecule has 6 heteroatoms. The van der Waals surface area contributed by atoms with Gasteiger partial charge in [-0.2, -0.15) is 0 Å². The van der Waals surface area contributed by atoms with Crippen molar-refractivity contribution in [2.75, 3.05) is 7.11 Å². The highest BCUT2D eigenvalue weighted by Gasteiger charge is 2.11. The van der Waals surface area contributed by atoms with Gasteiger partial charge < -0.3 is 14.5 Å². The Morgan fingerprint density at radius 3 is 2.83 bits per heavy atom. The van der Waals surface area contributed by atoms with Gasteiger partial charge in [0.1, 0.15) is 5.75 Å². The van der Waals surface area contributed by atoms with E-state index in [0.29, 0.717) is 18.2 Å².